The van der Waals surface area contributed by atoms with Gasteiger partial charge in [-0.25, -0.2) is 14.4 Å². The highest BCUT2D eigenvalue weighted by molar-refractivity contribution is 5.63. The molecule has 112 valence electrons. The minimum Gasteiger partial charge on any atom is -0.490 e. The number of hydrogen-bond acceptors (Lipinski definition) is 5. The molecule has 0 spiro atoms. The molecule has 2 N–H and O–H groups in total. The first kappa shape index (κ1) is 15.0. The normalized spacial score (nSPS) is 10.2. The van der Waals surface area contributed by atoms with Gasteiger partial charge in [-0.3, -0.25) is 0 Å². The highest BCUT2D eigenvalue weighted by Crippen LogP contribution is 2.29. The van der Waals surface area contributed by atoms with Gasteiger partial charge in [0.25, 0.3) is 0 Å². The first-order valence-electron chi connectivity index (χ1n) is 6.85. The zero-order valence-corrected chi connectivity index (χ0v) is 12.2. The third-order valence-corrected chi connectivity index (χ3v) is 2.92. The predicted octanol–water partition coefficient (Wildman–Crippen LogP) is 3.06. The third-order valence-electron chi connectivity index (χ3n) is 2.92. The minimum absolute atomic E-state index is 0.246. The summed E-state index contributed by atoms with van der Waals surface area (Å²) in [6.45, 7) is 3.42. The largest absolute Gasteiger partial charge is 0.490 e. The van der Waals surface area contributed by atoms with Gasteiger partial charge in [0.05, 0.1) is 7.11 Å². The molecule has 0 saturated heterocycles. The molecule has 0 bridgehead atoms. The van der Waals surface area contributed by atoms with Gasteiger partial charge < -0.3 is 15.4 Å². The second-order valence-electron chi connectivity index (χ2n) is 4.51. The second-order valence-corrected chi connectivity index (χ2v) is 4.51. The number of aromatic nitrogens is 2. The average Bonchev–Trinajstić information content (AvgIpc) is 2.52. The van der Waals surface area contributed by atoms with Crippen molar-refractivity contribution in [3.63, 3.8) is 0 Å². The Hall–Kier alpha value is -2.37. The number of methoxy groups -OCH3 is 1. The molecule has 0 aliphatic carbocycles. The van der Waals surface area contributed by atoms with Gasteiger partial charge in [0.15, 0.2) is 11.6 Å². The first-order chi connectivity index (χ1) is 10.2. The monoisotopic (exact) mass is 290 g/mol. The maximum Gasteiger partial charge on any atom is 0.204 e. The van der Waals surface area contributed by atoms with Gasteiger partial charge in [0.2, 0.25) is 5.75 Å². The van der Waals surface area contributed by atoms with E-state index >= 15 is 0 Å². The molecule has 6 heteroatoms. The number of hydrogen-bond donors (Lipinski definition) is 2. The summed E-state index contributed by atoms with van der Waals surface area (Å²) in [5.74, 6) is 1.60. The Kier molecular flexibility index (Phi) is 5.31. The van der Waals surface area contributed by atoms with Crippen LogP contribution in [0.15, 0.2) is 30.6 Å². The molecule has 2 aromatic rings. The van der Waals surface area contributed by atoms with Crippen molar-refractivity contribution in [2.24, 2.45) is 0 Å². The fourth-order valence-corrected chi connectivity index (χ4v) is 1.85. The van der Waals surface area contributed by atoms with Gasteiger partial charge in [-0.1, -0.05) is 19.1 Å². The fraction of sp³-hybridized carbons (Fsp3) is 0.333. The molecular weight excluding hydrogens is 271 g/mol. The van der Waals surface area contributed by atoms with E-state index in [0.717, 1.165) is 18.5 Å². The lowest BCUT2D eigenvalue weighted by molar-refractivity contribution is 0.414. The number of benzene rings is 1. The quantitative estimate of drug-likeness (QED) is 0.820. The lowest BCUT2D eigenvalue weighted by Gasteiger charge is -2.14. The van der Waals surface area contributed by atoms with Crippen LogP contribution in [0.2, 0.25) is 0 Å². The van der Waals surface area contributed by atoms with Crippen LogP contribution in [-0.4, -0.2) is 23.6 Å². The van der Waals surface area contributed by atoms with Crippen molar-refractivity contribution >= 4 is 11.6 Å². The highest BCUT2D eigenvalue weighted by atomic mass is 19.1. The summed E-state index contributed by atoms with van der Waals surface area (Å²) in [5, 5.41) is 6.37. The SMILES string of the molecule is CCCNc1ncnc(NCc2ccc(F)cc2)c1OC. The number of nitrogens with one attached hydrogen (secondary N) is 2. The van der Waals surface area contributed by atoms with E-state index in [-0.39, 0.29) is 5.82 Å². The molecule has 2 rings (SSSR count). The van der Waals surface area contributed by atoms with Gasteiger partial charge in [-0.2, -0.15) is 0 Å². The number of halogens is 1. The molecule has 0 radical (unpaired) electrons. The molecule has 0 aliphatic heterocycles. The Morgan fingerprint density at radius 2 is 1.76 bits per heavy atom. The van der Waals surface area contributed by atoms with Crippen molar-refractivity contribution in [3.05, 3.63) is 42.0 Å². The van der Waals surface area contributed by atoms with Crippen LogP contribution in [0.3, 0.4) is 0 Å². The van der Waals surface area contributed by atoms with Crippen molar-refractivity contribution in [1.82, 2.24) is 9.97 Å². The average molecular weight is 290 g/mol. The van der Waals surface area contributed by atoms with Crippen LogP contribution < -0.4 is 15.4 Å². The molecule has 1 aromatic carbocycles. The maximum atomic E-state index is 12.9. The van der Waals surface area contributed by atoms with Crippen molar-refractivity contribution in [2.45, 2.75) is 19.9 Å². The van der Waals surface area contributed by atoms with Crippen LogP contribution in [0, 0.1) is 5.82 Å². The third kappa shape index (κ3) is 4.05. The summed E-state index contributed by atoms with van der Waals surface area (Å²) in [5.41, 5.74) is 0.958. The molecule has 1 aromatic heterocycles. The molecule has 5 nitrogen and oxygen atoms in total. The van der Waals surface area contributed by atoms with Crippen molar-refractivity contribution in [2.75, 3.05) is 24.3 Å². The maximum absolute atomic E-state index is 12.9. The minimum atomic E-state index is -0.246. The summed E-state index contributed by atoms with van der Waals surface area (Å²) in [4.78, 5) is 8.37. The van der Waals surface area contributed by atoms with Crippen molar-refractivity contribution < 1.29 is 9.13 Å². The Morgan fingerprint density at radius 3 is 2.38 bits per heavy atom. The van der Waals surface area contributed by atoms with E-state index in [1.54, 1.807) is 19.2 Å². The predicted molar refractivity (Wildman–Crippen MR) is 81.1 cm³/mol. The first-order valence-corrected chi connectivity index (χ1v) is 6.85. The molecule has 21 heavy (non-hydrogen) atoms. The van der Waals surface area contributed by atoms with Gasteiger partial charge in [-0.15, -0.1) is 0 Å². The van der Waals surface area contributed by atoms with Crippen molar-refractivity contribution in [1.29, 1.82) is 0 Å². The van der Waals surface area contributed by atoms with E-state index in [1.165, 1.54) is 18.5 Å². The molecular formula is C15H19FN4O. The van der Waals surface area contributed by atoms with E-state index in [4.69, 9.17) is 4.74 Å². The molecule has 0 aliphatic rings. The van der Waals surface area contributed by atoms with Crippen LogP contribution in [0.25, 0.3) is 0 Å². The zero-order chi connectivity index (χ0) is 15.1. The second kappa shape index (κ2) is 7.42. The fourth-order valence-electron chi connectivity index (χ4n) is 1.85. The summed E-state index contributed by atoms with van der Waals surface area (Å²) in [6.07, 6.45) is 2.47. The standard InChI is InChI=1S/C15H19FN4O/c1-3-8-17-14-13(21-2)15(20-10-19-14)18-9-11-4-6-12(16)7-5-11/h4-7,10H,3,8-9H2,1-2H3,(H2,17,18,19,20). The van der Waals surface area contributed by atoms with E-state index in [1.807, 2.05) is 0 Å². The van der Waals surface area contributed by atoms with Crippen LogP contribution in [0.1, 0.15) is 18.9 Å². The lowest BCUT2D eigenvalue weighted by atomic mass is 10.2. The Bertz CT molecular complexity index is 574. The Balaban J connectivity index is 2.10. The molecule has 0 amide bonds. The van der Waals surface area contributed by atoms with E-state index in [9.17, 15) is 4.39 Å². The summed E-state index contributed by atoms with van der Waals surface area (Å²) in [6, 6.07) is 6.32. The molecule has 0 fully saturated rings. The molecule has 1 heterocycles. The van der Waals surface area contributed by atoms with Gasteiger partial charge in [-0.05, 0) is 24.1 Å². The van der Waals surface area contributed by atoms with Gasteiger partial charge in [0.1, 0.15) is 12.1 Å². The smallest absolute Gasteiger partial charge is 0.204 e. The van der Waals surface area contributed by atoms with Crippen LogP contribution in [0.4, 0.5) is 16.0 Å². The highest BCUT2D eigenvalue weighted by Gasteiger charge is 2.11. The van der Waals surface area contributed by atoms with Crippen molar-refractivity contribution in [3.8, 4) is 5.75 Å². The summed E-state index contributed by atoms with van der Waals surface area (Å²) >= 11 is 0. The van der Waals surface area contributed by atoms with Crippen LogP contribution in [-0.2, 0) is 6.54 Å². The van der Waals surface area contributed by atoms with Crippen LogP contribution in [0.5, 0.6) is 5.75 Å². The topological polar surface area (TPSA) is 59.1 Å². The van der Waals surface area contributed by atoms with E-state index in [2.05, 4.69) is 27.5 Å². The number of rotatable bonds is 7. The molecule has 0 saturated carbocycles. The van der Waals surface area contributed by atoms with Gasteiger partial charge >= 0.3 is 0 Å². The Labute approximate surface area is 123 Å². The van der Waals surface area contributed by atoms with E-state index < -0.39 is 0 Å². The molecule has 0 atom stereocenters. The lowest BCUT2D eigenvalue weighted by Crippen LogP contribution is -2.09. The Morgan fingerprint density at radius 1 is 1.10 bits per heavy atom. The number of nitrogens with zero attached hydrogens (tertiary/aromatic N) is 2. The molecule has 0 unspecified atom stereocenters. The van der Waals surface area contributed by atoms with Gasteiger partial charge in [0, 0.05) is 13.1 Å². The van der Waals surface area contributed by atoms with Crippen LogP contribution >= 0.6 is 0 Å². The number of ether oxygens (including phenoxy) is 1. The number of anilines is 2. The summed E-state index contributed by atoms with van der Waals surface area (Å²) in [7, 11) is 1.58. The summed E-state index contributed by atoms with van der Waals surface area (Å²) < 4.78 is 18.2. The van der Waals surface area contributed by atoms with E-state index in [0.29, 0.717) is 23.9 Å². The zero-order valence-electron chi connectivity index (χ0n) is 12.2.